The van der Waals surface area contributed by atoms with Gasteiger partial charge in [0.15, 0.2) is 5.82 Å². The zero-order valence-electron chi connectivity index (χ0n) is 19.4. The Hall–Kier alpha value is -4.56. The first-order chi connectivity index (χ1) is 17.7. The second kappa shape index (κ2) is 9.24. The SMILES string of the molecule is CCOc1ccc(-c2nn(-c3ccccc3)cc2C=c2sc3nc(-c4ccccc4)nn3c2=O)cc1. The lowest BCUT2D eigenvalue weighted by Gasteiger charge is -2.04. The van der Waals surface area contributed by atoms with Crippen molar-refractivity contribution in [1.82, 2.24) is 24.4 Å². The second-order valence-corrected chi connectivity index (χ2v) is 9.09. The molecular weight excluding hydrogens is 470 g/mol. The van der Waals surface area contributed by atoms with Crippen molar-refractivity contribution in [2.45, 2.75) is 6.92 Å². The molecule has 3 aromatic carbocycles. The molecule has 176 valence electrons. The Labute approximate surface area is 210 Å². The van der Waals surface area contributed by atoms with Crippen molar-refractivity contribution < 1.29 is 4.74 Å². The summed E-state index contributed by atoms with van der Waals surface area (Å²) in [5.74, 6) is 1.34. The van der Waals surface area contributed by atoms with E-state index in [-0.39, 0.29) is 5.56 Å². The monoisotopic (exact) mass is 491 g/mol. The van der Waals surface area contributed by atoms with Gasteiger partial charge in [-0.15, -0.1) is 5.10 Å². The van der Waals surface area contributed by atoms with Crippen LogP contribution >= 0.6 is 11.3 Å². The quantitative estimate of drug-likeness (QED) is 0.340. The van der Waals surface area contributed by atoms with Crippen LogP contribution in [0.5, 0.6) is 5.75 Å². The van der Waals surface area contributed by atoms with E-state index in [1.807, 2.05) is 109 Å². The maximum absolute atomic E-state index is 13.2. The van der Waals surface area contributed by atoms with Gasteiger partial charge in [0.2, 0.25) is 4.96 Å². The molecule has 0 spiro atoms. The van der Waals surface area contributed by atoms with E-state index >= 15 is 0 Å². The number of thiazole rings is 1. The molecule has 6 aromatic rings. The molecule has 0 atom stereocenters. The minimum absolute atomic E-state index is 0.199. The number of fused-ring (bicyclic) bond motifs is 1. The molecule has 8 heteroatoms. The largest absolute Gasteiger partial charge is 0.494 e. The summed E-state index contributed by atoms with van der Waals surface area (Å²) in [5, 5.41) is 9.31. The molecule has 0 aliphatic rings. The lowest BCUT2D eigenvalue weighted by molar-refractivity contribution is 0.340. The normalized spacial score (nSPS) is 11.9. The molecule has 0 N–H and O–H groups in total. The van der Waals surface area contributed by atoms with Gasteiger partial charge in [0, 0.05) is 22.9 Å². The zero-order chi connectivity index (χ0) is 24.5. The lowest BCUT2D eigenvalue weighted by Crippen LogP contribution is -2.23. The van der Waals surface area contributed by atoms with E-state index in [0.717, 1.165) is 33.8 Å². The van der Waals surface area contributed by atoms with Crippen LogP contribution in [0.15, 0.2) is 95.9 Å². The topological polar surface area (TPSA) is 74.3 Å². The summed E-state index contributed by atoms with van der Waals surface area (Å²) in [4.78, 5) is 18.4. The van der Waals surface area contributed by atoms with E-state index in [4.69, 9.17) is 9.84 Å². The fourth-order valence-corrected chi connectivity index (χ4v) is 4.89. The summed E-state index contributed by atoms with van der Waals surface area (Å²) < 4.78 is 9.33. The Morgan fingerprint density at radius 1 is 0.889 bits per heavy atom. The van der Waals surface area contributed by atoms with Crippen LogP contribution in [0.1, 0.15) is 12.5 Å². The van der Waals surface area contributed by atoms with E-state index in [2.05, 4.69) is 10.1 Å². The predicted molar refractivity (Wildman–Crippen MR) is 142 cm³/mol. The fraction of sp³-hybridized carbons (Fsp3) is 0.0714. The Kier molecular flexibility index (Phi) is 5.63. The summed E-state index contributed by atoms with van der Waals surface area (Å²) in [5.41, 5.74) is 4.13. The summed E-state index contributed by atoms with van der Waals surface area (Å²) >= 11 is 1.32. The van der Waals surface area contributed by atoms with Gasteiger partial charge < -0.3 is 4.74 Å². The minimum Gasteiger partial charge on any atom is -0.494 e. The van der Waals surface area contributed by atoms with Gasteiger partial charge in [-0.1, -0.05) is 59.9 Å². The predicted octanol–water partition coefficient (Wildman–Crippen LogP) is 4.62. The average Bonchev–Trinajstić information content (AvgIpc) is 3.61. The van der Waals surface area contributed by atoms with Crippen LogP contribution in [0.3, 0.4) is 0 Å². The van der Waals surface area contributed by atoms with E-state index in [0.29, 0.717) is 21.9 Å². The van der Waals surface area contributed by atoms with Gasteiger partial charge in [0.25, 0.3) is 5.56 Å². The third-order valence-electron chi connectivity index (χ3n) is 5.70. The van der Waals surface area contributed by atoms with Crippen LogP contribution in [0.2, 0.25) is 0 Å². The molecule has 0 amide bonds. The van der Waals surface area contributed by atoms with Crippen LogP contribution in [0.4, 0.5) is 0 Å². The summed E-state index contributed by atoms with van der Waals surface area (Å²) in [6.07, 6.45) is 3.80. The highest BCUT2D eigenvalue weighted by Gasteiger charge is 2.15. The number of para-hydroxylation sites is 1. The number of nitrogens with zero attached hydrogens (tertiary/aromatic N) is 5. The van der Waals surface area contributed by atoms with Crippen LogP contribution in [-0.2, 0) is 0 Å². The van der Waals surface area contributed by atoms with Crippen LogP contribution in [-0.4, -0.2) is 31.0 Å². The van der Waals surface area contributed by atoms with E-state index in [1.54, 1.807) is 0 Å². The van der Waals surface area contributed by atoms with Gasteiger partial charge in [-0.3, -0.25) is 4.79 Å². The Morgan fingerprint density at radius 3 is 2.31 bits per heavy atom. The molecule has 0 saturated carbocycles. The highest BCUT2D eigenvalue weighted by atomic mass is 32.1. The Balaban J connectivity index is 1.47. The van der Waals surface area contributed by atoms with Crippen molar-refractivity contribution in [3.8, 4) is 34.1 Å². The molecule has 6 rings (SSSR count). The van der Waals surface area contributed by atoms with Crippen LogP contribution in [0.25, 0.3) is 39.4 Å². The molecule has 0 unspecified atom stereocenters. The molecule has 7 nitrogen and oxygen atoms in total. The average molecular weight is 492 g/mol. The first kappa shape index (κ1) is 21.9. The van der Waals surface area contributed by atoms with Gasteiger partial charge in [0.05, 0.1) is 16.8 Å². The minimum atomic E-state index is -0.199. The molecule has 0 saturated heterocycles. The third-order valence-corrected chi connectivity index (χ3v) is 6.66. The molecule has 36 heavy (non-hydrogen) atoms. The van der Waals surface area contributed by atoms with E-state index in [9.17, 15) is 4.79 Å². The summed E-state index contributed by atoms with van der Waals surface area (Å²) in [6, 6.07) is 27.3. The first-order valence-electron chi connectivity index (χ1n) is 11.5. The second-order valence-electron chi connectivity index (χ2n) is 8.08. The number of hydrogen-bond acceptors (Lipinski definition) is 6. The highest BCUT2D eigenvalue weighted by Crippen LogP contribution is 2.26. The maximum atomic E-state index is 13.2. The van der Waals surface area contributed by atoms with Crippen LogP contribution in [0, 0.1) is 0 Å². The van der Waals surface area contributed by atoms with Gasteiger partial charge >= 0.3 is 0 Å². The molecule has 0 bridgehead atoms. The van der Waals surface area contributed by atoms with Crippen molar-refractivity contribution in [1.29, 1.82) is 0 Å². The molecule has 3 aromatic heterocycles. The molecule has 3 heterocycles. The van der Waals surface area contributed by atoms with Gasteiger partial charge in [-0.2, -0.15) is 14.6 Å². The van der Waals surface area contributed by atoms with Crippen molar-refractivity contribution in [3.63, 3.8) is 0 Å². The smallest absolute Gasteiger partial charge is 0.291 e. The molecule has 0 fully saturated rings. The van der Waals surface area contributed by atoms with E-state index < -0.39 is 0 Å². The highest BCUT2D eigenvalue weighted by molar-refractivity contribution is 7.15. The number of benzene rings is 3. The number of rotatable bonds is 6. The van der Waals surface area contributed by atoms with Crippen molar-refractivity contribution >= 4 is 22.4 Å². The number of aromatic nitrogens is 5. The van der Waals surface area contributed by atoms with Crippen molar-refractivity contribution in [2.75, 3.05) is 6.61 Å². The third kappa shape index (κ3) is 4.08. The van der Waals surface area contributed by atoms with Gasteiger partial charge in [-0.05, 0) is 49.4 Å². The Morgan fingerprint density at radius 2 is 1.61 bits per heavy atom. The molecule has 0 radical (unpaired) electrons. The Bertz CT molecular complexity index is 1750. The lowest BCUT2D eigenvalue weighted by atomic mass is 10.1. The van der Waals surface area contributed by atoms with Gasteiger partial charge in [0.1, 0.15) is 11.4 Å². The summed E-state index contributed by atoms with van der Waals surface area (Å²) in [7, 11) is 0. The number of hydrogen-bond donors (Lipinski definition) is 0. The molecule has 0 aliphatic carbocycles. The number of ether oxygens (including phenoxy) is 1. The van der Waals surface area contributed by atoms with Crippen molar-refractivity contribution in [3.05, 3.63) is 112 Å². The fourth-order valence-electron chi connectivity index (χ4n) is 3.99. The van der Waals surface area contributed by atoms with E-state index in [1.165, 1.54) is 15.9 Å². The standard InChI is InChI=1S/C28H21N5O2S/c1-2-35-23-15-13-19(14-16-23)25-21(18-32(30-25)22-11-7-4-8-12-22)17-24-27(34)33-28(36-24)29-26(31-33)20-9-5-3-6-10-20/h3-18H,2H2,1H3. The zero-order valence-corrected chi connectivity index (χ0v) is 20.2. The maximum Gasteiger partial charge on any atom is 0.291 e. The van der Waals surface area contributed by atoms with Crippen LogP contribution < -0.4 is 14.8 Å². The van der Waals surface area contributed by atoms with Crippen molar-refractivity contribution in [2.24, 2.45) is 0 Å². The van der Waals surface area contributed by atoms with Gasteiger partial charge in [-0.25, -0.2) is 4.68 Å². The molecule has 0 aliphatic heterocycles. The summed E-state index contributed by atoms with van der Waals surface area (Å²) in [6.45, 7) is 2.56. The first-order valence-corrected chi connectivity index (χ1v) is 12.4. The molecular formula is C28H21N5O2S.